The molecule has 5 atom stereocenters. The number of nitrogen functional groups attached to an aromatic ring is 1. The van der Waals surface area contributed by atoms with Crippen LogP contribution in [0.3, 0.4) is 0 Å². The minimum absolute atomic E-state index is 0.137. The molecule has 1 aliphatic heterocycles. The molecule has 0 saturated carbocycles. The predicted molar refractivity (Wildman–Crippen MR) is 74.6 cm³/mol. The van der Waals surface area contributed by atoms with Gasteiger partial charge in [-0.15, -0.1) is 0 Å². The Labute approximate surface area is 123 Å². The molecule has 0 aromatic carbocycles. The van der Waals surface area contributed by atoms with Gasteiger partial charge < -0.3 is 25.2 Å². The van der Waals surface area contributed by atoms with E-state index in [9.17, 15) is 14.8 Å². The largest absolute Gasteiger partial charge is 0.616 e. The van der Waals surface area contributed by atoms with Crippen molar-refractivity contribution >= 4 is 28.2 Å². The van der Waals surface area contributed by atoms with Crippen LogP contribution in [0.4, 0.5) is 5.82 Å². The lowest BCUT2D eigenvalue weighted by molar-refractivity contribution is -0.0292. The average Bonchev–Trinajstić information content (AvgIpc) is 2.96. The third-order valence-corrected chi connectivity index (χ3v) is 4.20. The second kappa shape index (κ2) is 5.39. The molecule has 0 aliphatic carbocycles. The van der Waals surface area contributed by atoms with Crippen molar-refractivity contribution in [3.63, 3.8) is 0 Å². The average molecular weight is 313 g/mol. The van der Waals surface area contributed by atoms with E-state index in [4.69, 9.17) is 10.5 Å². The minimum atomic E-state index is -1.17. The number of rotatable bonds is 3. The molecular formula is C11H15N5O4S. The molecule has 114 valence electrons. The number of hydrogen-bond acceptors (Lipinski definition) is 8. The Bertz CT molecular complexity index is 651. The van der Waals surface area contributed by atoms with E-state index < -0.39 is 35.7 Å². The maximum atomic E-state index is 11.3. The van der Waals surface area contributed by atoms with Gasteiger partial charge in [0.25, 0.3) is 0 Å². The van der Waals surface area contributed by atoms with E-state index in [1.54, 1.807) is 0 Å². The highest BCUT2D eigenvalue weighted by Gasteiger charge is 2.45. The van der Waals surface area contributed by atoms with Gasteiger partial charge in [-0.05, 0) is 0 Å². The maximum Gasteiger partial charge on any atom is 0.167 e. The van der Waals surface area contributed by atoms with Crippen molar-refractivity contribution in [2.45, 2.75) is 24.5 Å². The molecule has 4 N–H and O–H groups in total. The topological polar surface area (TPSA) is 142 Å². The standard InChI is InChI=1S/C11H15N5O4S/c1-21(19)2-5-7(17)8(18)11(20-5)16-4-15-6-9(12)13-3-14-10(6)16/h3-5,7-8,11,17-18H,2H2,1H3,(H2,12,13,14)/t5-,7-,8-,11-,21?/m1/s1. The van der Waals surface area contributed by atoms with E-state index in [1.807, 2.05) is 0 Å². The van der Waals surface area contributed by atoms with Gasteiger partial charge in [0.2, 0.25) is 0 Å². The smallest absolute Gasteiger partial charge is 0.167 e. The molecule has 1 unspecified atom stereocenters. The number of anilines is 1. The normalized spacial score (nSPS) is 30.9. The quantitative estimate of drug-likeness (QED) is 0.575. The van der Waals surface area contributed by atoms with Gasteiger partial charge in [0.15, 0.2) is 17.7 Å². The zero-order valence-electron chi connectivity index (χ0n) is 11.2. The fraction of sp³-hybridized carbons (Fsp3) is 0.545. The van der Waals surface area contributed by atoms with Crippen molar-refractivity contribution in [1.82, 2.24) is 19.5 Å². The molecule has 1 fully saturated rings. The summed E-state index contributed by atoms with van der Waals surface area (Å²) in [7, 11) is 0. The Morgan fingerprint density at radius 1 is 1.38 bits per heavy atom. The summed E-state index contributed by atoms with van der Waals surface area (Å²) in [6, 6.07) is 0. The number of fused-ring (bicyclic) bond motifs is 1. The van der Waals surface area contributed by atoms with Crippen LogP contribution < -0.4 is 5.73 Å². The molecule has 0 spiro atoms. The van der Waals surface area contributed by atoms with Crippen molar-refractivity contribution < 1.29 is 19.5 Å². The van der Waals surface area contributed by atoms with Crippen LogP contribution in [-0.4, -0.2) is 64.6 Å². The van der Waals surface area contributed by atoms with Crippen LogP contribution in [0.1, 0.15) is 6.23 Å². The van der Waals surface area contributed by atoms with Gasteiger partial charge >= 0.3 is 0 Å². The number of nitrogens with two attached hydrogens (primary N) is 1. The zero-order valence-corrected chi connectivity index (χ0v) is 12.0. The summed E-state index contributed by atoms with van der Waals surface area (Å²) >= 11 is -1.15. The molecule has 2 aromatic rings. The first kappa shape index (κ1) is 14.5. The first-order chi connectivity index (χ1) is 9.99. The first-order valence-electron chi connectivity index (χ1n) is 6.23. The summed E-state index contributed by atoms with van der Waals surface area (Å²) in [6.45, 7) is 0. The highest BCUT2D eigenvalue weighted by molar-refractivity contribution is 7.90. The first-order valence-corrected chi connectivity index (χ1v) is 7.96. The van der Waals surface area contributed by atoms with Gasteiger partial charge in [-0.25, -0.2) is 15.0 Å². The Hall–Kier alpha value is -1.46. The van der Waals surface area contributed by atoms with E-state index in [0.717, 1.165) is 0 Å². The summed E-state index contributed by atoms with van der Waals surface area (Å²) in [5, 5.41) is 20.1. The molecule has 1 aliphatic rings. The van der Waals surface area contributed by atoms with Crippen molar-refractivity contribution in [3.05, 3.63) is 12.7 Å². The van der Waals surface area contributed by atoms with Crippen LogP contribution in [0, 0.1) is 0 Å². The Balaban J connectivity index is 1.94. The molecule has 2 aromatic heterocycles. The van der Waals surface area contributed by atoms with E-state index in [0.29, 0.717) is 11.2 Å². The van der Waals surface area contributed by atoms with Crippen LogP contribution in [0.5, 0.6) is 0 Å². The number of aliphatic hydroxyl groups is 2. The van der Waals surface area contributed by atoms with E-state index >= 15 is 0 Å². The summed E-state index contributed by atoms with van der Waals surface area (Å²) in [4.78, 5) is 12.0. The van der Waals surface area contributed by atoms with Crippen molar-refractivity contribution in [3.8, 4) is 0 Å². The molecule has 9 nitrogen and oxygen atoms in total. The third-order valence-electron chi connectivity index (χ3n) is 3.40. The lowest BCUT2D eigenvalue weighted by atomic mass is 10.1. The van der Waals surface area contributed by atoms with Gasteiger partial charge in [0.1, 0.15) is 35.9 Å². The summed E-state index contributed by atoms with van der Waals surface area (Å²) in [5.41, 5.74) is 6.50. The third kappa shape index (κ3) is 2.45. The maximum absolute atomic E-state index is 11.3. The zero-order chi connectivity index (χ0) is 15.1. The van der Waals surface area contributed by atoms with Gasteiger partial charge in [-0.3, -0.25) is 4.57 Å². The Morgan fingerprint density at radius 2 is 2.14 bits per heavy atom. The highest BCUT2D eigenvalue weighted by Crippen LogP contribution is 2.32. The van der Waals surface area contributed by atoms with Crippen LogP contribution in [-0.2, 0) is 15.9 Å². The Morgan fingerprint density at radius 3 is 2.86 bits per heavy atom. The van der Waals surface area contributed by atoms with Crippen LogP contribution in [0.2, 0.25) is 0 Å². The lowest BCUT2D eigenvalue weighted by Crippen LogP contribution is -2.35. The van der Waals surface area contributed by atoms with Gasteiger partial charge in [0, 0.05) is 0 Å². The van der Waals surface area contributed by atoms with Crippen LogP contribution in [0.15, 0.2) is 12.7 Å². The number of aromatic nitrogens is 4. The number of aliphatic hydroxyl groups excluding tert-OH is 2. The van der Waals surface area contributed by atoms with Crippen LogP contribution >= 0.6 is 0 Å². The Kier molecular flexibility index (Phi) is 3.71. The number of ether oxygens (including phenoxy) is 1. The predicted octanol–water partition coefficient (Wildman–Crippen LogP) is -1.59. The lowest BCUT2D eigenvalue weighted by Gasteiger charge is -2.16. The molecule has 3 heterocycles. The fourth-order valence-corrected chi connectivity index (χ4v) is 3.12. The van der Waals surface area contributed by atoms with Crippen molar-refractivity contribution in [2.75, 3.05) is 17.7 Å². The molecule has 21 heavy (non-hydrogen) atoms. The summed E-state index contributed by atoms with van der Waals surface area (Å²) < 4.78 is 18.4. The number of nitrogens with zero attached hydrogens (tertiary/aromatic N) is 4. The van der Waals surface area contributed by atoms with Crippen LogP contribution in [0.25, 0.3) is 11.2 Å². The molecular weight excluding hydrogens is 298 g/mol. The molecule has 1 saturated heterocycles. The second-order valence-electron chi connectivity index (χ2n) is 4.87. The van der Waals surface area contributed by atoms with E-state index in [1.165, 1.54) is 23.5 Å². The molecule has 0 amide bonds. The monoisotopic (exact) mass is 313 g/mol. The summed E-state index contributed by atoms with van der Waals surface area (Å²) in [5.74, 6) is 0.358. The molecule has 0 radical (unpaired) electrons. The second-order valence-corrected chi connectivity index (χ2v) is 6.35. The fourth-order valence-electron chi connectivity index (χ4n) is 2.38. The highest BCUT2D eigenvalue weighted by atomic mass is 32.2. The van der Waals surface area contributed by atoms with Gasteiger partial charge in [-0.1, -0.05) is 11.2 Å². The number of imidazole rings is 1. The molecule has 3 rings (SSSR count). The van der Waals surface area contributed by atoms with Crippen molar-refractivity contribution in [2.24, 2.45) is 0 Å². The van der Waals surface area contributed by atoms with Crippen molar-refractivity contribution in [1.29, 1.82) is 0 Å². The SMILES string of the molecule is C[S+]([O-])C[C@H]1O[C@@H](n2cnc3c(N)ncnc32)[C@H](O)[C@@H]1O. The van der Waals surface area contributed by atoms with E-state index in [2.05, 4.69) is 15.0 Å². The van der Waals surface area contributed by atoms with Gasteiger partial charge in [0.05, 0.1) is 12.6 Å². The summed E-state index contributed by atoms with van der Waals surface area (Å²) in [6.07, 6.45) is 0.326. The number of hydrogen-bond donors (Lipinski definition) is 3. The van der Waals surface area contributed by atoms with Gasteiger partial charge in [-0.2, -0.15) is 0 Å². The van der Waals surface area contributed by atoms with E-state index in [-0.39, 0.29) is 11.6 Å². The minimum Gasteiger partial charge on any atom is -0.616 e. The molecule has 0 bridgehead atoms. The molecule has 10 heteroatoms.